The lowest BCUT2D eigenvalue weighted by Crippen LogP contribution is -2.38. The first-order valence-corrected chi connectivity index (χ1v) is 9.88. The molecule has 0 amide bonds. The molecule has 0 spiro atoms. The molecule has 136 valence electrons. The number of aromatic amines is 1. The first-order valence-electron chi connectivity index (χ1n) is 8.44. The van der Waals surface area contributed by atoms with Crippen molar-refractivity contribution in [2.45, 2.75) is 37.2 Å². The van der Waals surface area contributed by atoms with Crippen molar-refractivity contribution in [2.75, 3.05) is 6.54 Å². The summed E-state index contributed by atoms with van der Waals surface area (Å²) in [7, 11) is -3.56. The smallest absolute Gasteiger partial charge is 0.278 e. The van der Waals surface area contributed by atoms with Crippen LogP contribution in [0.15, 0.2) is 46.6 Å². The SMILES string of the molecule is Cc1ccc(S(=O)(=O)N2CCC[C@H]2Cn2cnc3c(=O)[nH]cnc32)cc1. The molecule has 0 saturated carbocycles. The van der Waals surface area contributed by atoms with Crippen LogP contribution in [0.1, 0.15) is 18.4 Å². The van der Waals surface area contributed by atoms with Crippen LogP contribution >= 0.6 is 0 Å². The molecule has 1 saturated heterocycles. The van der Waals surface area contributed by atoms with Crippen molar-refractivity contribution in [3.8, 4) is 0 Å². The molecule has 1 fully saturated rings. The normalized spacial score (nSPS) is 18.6. The van der Waals surface area contributed by atoms with E-state index in [0.717, 1.165) is 18.4 Å². The lowest BCUT2D eigenvalue weighted by molar-refractivity contribution is 0.354. The van der Waals surface area contributed by atoms with Gasteiger partial charge in [0.15, 0.2) is 11.2 Å². The van der Waals surface area contributed by atoms with Gasteiger partial charge in [0.25, 0.3) is 5.56 Å². The van der Waals surface area contributed by atoms with Crippen LogP contribution in [-0.2, 0) is 16.6 Å². The number of benzene rings is 1. The Morgan fingerprint density at radius 1 is 1.23 bits per heavy atom. The maximum Gasteiger partial charge on any atom is 0.278 e. The summed E-state index contributed by atoms with van der Waals surface area (Å²) in [4.78, 5) is 22.9. The molecule has 0 aliphatic carbocycles. The van der Waals surface area contributed by atoms with E-state index in [1.165, 1.54) is 6.33 Å². The fourth-order valence-electron chi connectivity index (χ4n) is 3.41. The third-order valence-electron chi connectivity index (χ3n) is 4.77. The minimum absolute atomic E-state index is 0.195. The Morgan fingerprint density at radius 2 is 2.00 bits per heavy atom. The predicted molar refractivity (Wildman–Crippen MR) is 96.2 cm³/mol. The van der Waals surface area contributed by atoms with E-state index in [4.69, 9.17) is 0 Å². The highest BCUT2D eigenvalue weighted by molar-refractivity contribution is 7.89. The summed E-state index contributed by atoms with van der Waals surface area (Å²) in [5, 5.41) is 0. The van der Waals surface area contributed by atoms with E-state index in [2.05, 4.69) is 15.0 Å². The van der Waals surface area contributed by atoms with Gasteiger partial charge < -0.3 is 9.55 Å². The van der Waals surface area contributed by atoms with Gasteiger partial charge in [0.2, 0.25) is 10.0 Å². The van der Waals surface area contributed by atoms with Crippen LogP contribution in [0.5, 0.6) is 0 Å². The molecular weight excluding hydrogens is 354 g/mol. The summed E-state index contributed by atoms with van der Waals surface area (Å²) in [6, 6.07) is 6.70. The van der Waals surface area contributed by atoms with Crippen LogP contribution in [0, 0.1) is 6.92 Å². The molecule has 26 heavy (non-hydrogen) atoms. The Balaban J connectivity index is 1.65. The molecular formula is C17H19N5O3S. The van der Waals surface area contributed by atoms with E-state index in [1.54, 1.807) is 39.5 Å². The molecule has 1 aliphatic rings. The van der Waals surface area contributed by atoms with Gasteiger partial charge >= 0.3 is 0 Å². The summed E-state index contributed by atoms with van der Waals surface area (Å²) in [5.74, 6) is 0. The number of rotatable bonds is 4. The molecule has 3 heterocycles. The number of hydrogen-bond acceptors (Lipinski definition) is 5. The summed E-state index contributed by atoms with van der Waals surface area (Å²) in [6.45, 7) is 2.83. The number of sulfonamides is 1. The van der Waals surface area contributed by atoms with Crippen LogP contribution < -0.4 is 5.56 Å². The number of aryl methyl sites for hydroxylation is 1. The Bertz CT molecular complexity index is 1100. The van der Waals surface area contributed by atoms with Gasteiger partial charge in [-0.05, 0) is 31.9 Å². The van der Waals surface area contributed by atoms with Crippen LogP contribution in [0.3, 0.4) is 0 Å². The summed E-state index contributed by atoms with van der Waals surface area (Å²) >= 11 is 0. The fourth-order valence-corrected chi connectivity index (χ4v) is 5.09. The fraction of sp³-hybridized carbons (Fsp3) is 0.353. The third-order valence-corrected chi connectivity index (χ3v) is 6.73. The van der Waals surface area contributed by atoms with Gasteiger partial charge in [-0.15, -0.1) is 0 Å². The number of aromatic nitrogens is 4. The quantitative estimate of drug-likeness (QED) is 0.742. The van der Waals surface area contributed by atoms with Crippen LogP contribution in [-0.4, -0.2) is 44.8 Å². The lowest BCUT2D eigenvalue weighted by atomic mass is 10.2. The van der Waals surface area contributed by atoms with Gasteiger partial charge in [-0.1, -0.05) is 17.7 Å². The third kappa shape index (κ3) is 2.82. The van der Waals surface area contributed by atoms with Crippen molar-refractivity contribution in [3.05, 3.63) is 52.8 Å². The maximum absolute atomic E-state index is 13.0. The highest BCUT2D eigenvalue weighted by Gasteiger charge is 2.35. The van der Waals surface area contributed by atoms with Gasteiger partial charge in [-0.3, -0.25) is 4.79 Å². The Kier molecular flexibility index (Phi) is 4.12. The minimum Gasteiger partial charge on any atom is -0.313 e. The van der Waals surface area contributed by atoms with E-state index in [0.29, 0.717) is 23.6 Å². The molecule has 1 aliphatic heterocycles. The van der Waals surface area contributed by atoms with Gasteiger partial charge in [0, 0.05) is 19.1 Å². The number of fused-ring (bicyclic) bond motifs is 1. The minimum atomic E-state index is -3.56. The van der Waals surface area contributed by atoms with Gasteiger partial charge in [0.1, 0.15) is 0 Å². The monoisotopic (exact) mass is 373 g/mol. The largest absolute Gasteiger partial charge is 0.313 e. The number of nitrogens with zero attached hydrogens (tertiary/aromatic N) is 4. The highest BCUT2D eigenvalue weighted by atomic mass is 32.2. The van der Waals surface area contributed by atoms with Crippen molar-refractivity contribution in [2.24, 2.45) is 0 Å². The number of nitrogens with one attached hydrogen (secondary N) is 1. The second kappa shape index (κ2) is 6.33. The Hall–Kier alpha value is -2.52. The van der Waals surface area contributed by atoms with Crippen molar-refractivity contribution >= 4 is 21.2 Å². The predicted octanol–water partition coefficient (Wildman–Crippen LogP) is 1.28. The highest BCUT2D eigenvalue weighted by Crippen LogP contribution is 2.27. The van der Waals surface area contributed by atoms with Crippen LogP contribution in [0.2, 0.25) is 0 Å². The van der Waals surface area contributed by atoms with E-state index in [9.17, 15) is 13.2 Å². The van der Waals surface area contributed by atoms with E-state index >= 15 is 0 Å². The zero-order valence-corrected chi connectivity index (χ0v) is 15.1. The van der Waals surface area contributed by atoms with E-state index in [1.807, 2.05) is 6.92 Å². The topological polar surface area (TPSA) is 101 Å². The first kappa shape index (κ1) is 16.9. The molecule has 8 nitrogen and oxygen atoms in total. The molecule has 0 bridgehead atoms. The molecule has 1 atom stereocenters. The van der Waals surface area contributed by atoms with Crippen molar-refractivity contribution in [3.63, 3.8) is 0 Å². The number of H-pyrrole nitrogens is 1. The number of imidazole rings is 1. The van der Waals surface area contributed by atoms with Gasteiger partial charge in [-0.25, -0.2) is 18.4 Å². The molecule has 1 N–H and O–H groups in total. The van der Waals surface area contributed by atoms with Gasteiger partial charge in [-0.2, -0.15) is 4.31 Å². The molecule has 9 heteroatoms. The molecule has 1 aromatic carbocycles. The zero-order valence-electron chi connectivity index (χ0n) is 14.3. The summed E-state index contributed by atoms with van der Waals surface area (Å²) in [5.41, 5.74) is 1.44. The molecule has 3 aromatic rings. The standard InChI is InChI=1S/C17H19N5O3S/c1-12-4-6-14(7-5-12)26(24,25)22-8-2-3-13(22)9-21-11-20-15-16(21)18-10-19-17(15)23/h4-7,10-11,13H,2-3,8-9H2,1H3,(H,18,19,23)/t13-/m0/s1. The first-order chi connectivity index (χ1) is 12.5. The van der Waals surface area contributed by atoms with Crippen LogP contribution in [0.4, 0.5) is 0 Å². The summed E-state index contributed by atoms with van der Waals surface area (Å²) in [6.07, 6.45) is 4.44. The maximum atomic E-state index is 13.0. The second-order valence-corrected chi connectivity index (χ2v) is 8.42. The number of hydrogen-bond donors (Lipinski definition) is 1. The molecule has 2 aromatic heterocycles. The molecule has 0 unspecified atom stereocenters. The Labute approximate surface area is 150 Å². The molecule has 0 radical (unpaired) electrons. The van der Waals surface area contributed by atoms with Crippen molar-refractivity contribution in [1.29, 1.82) is 0 Å². The average molecular weight is 373 g/mol. The lowest BCUT2D eigenvalue weighted by Gasteiger charge is -2.24. The molecule has 4 rings (SSSR count). The van der Waals surface area contributed by atoms with Crippen molar-refractivity contribution in [1.82, 2.24) is 23.8 Å². The summed E-state index contributed by atoms with van der Waals surface area (Å²) < 4.78 is 29.4. The van der Waals surface area contributed by atoms with E-state index < -0.39 is 10.0 Å². The van der Waals surface area contributed by atoms with E-state index in [-0.39, 0.29) is 17.1 Å². The average Bonchev–Trinajstić information content (AvgIpc) is 3.24. The van der Waals surface area contributed by atoms with Crippen molar-refractivity contribution < 1.29 is 8.42 Å². The Morgan fingerprint density at radius 3 is 2.77 bits per heavy atom. The zero-order chi connectivity index (χ0) is 18.3. The second-order valence-electron chi connectivity index (χ2n) is 6.53. The van der Waals surface area contributed by atoms with Gasteiger partial charge in [0.05, 0.1) is 17.6 Å². The van der Waals surface area contributed by atoms with Crippen LogP contribution in [0.25, 0.3) is 11.2 Å².